The maximum absolute atomic E-state index is 5.60. The molecule has 0 unspecified atom stereocenters. The molecule has 1 aromatic heterocycles. The molecule has 3 nitrogen and oxygen atoms in total. The molecule has 0 saturated heterocycles. The highest BCUT2D eigenvalue weighted by molar-refractivity contribution is 5.91. The molecule has 0 bridgehead atoms. The fourth-order valence-corrected chi connectivity index (χ4v) is 1.07. The van der Waals surface area contributed by atoms with E-state index in [1.165, 1.54) is 6.26 Å². The van der Waals surface area contributed by atoms with Gasteiger partial charge in [0, 0.05) is 11.1 Å². The van der Waals surface area contributed by atoms with Crippen LogP contribution in [0.3, 0.4) is 0 Å². The topological polar surface area (TPSA) is 65.2 Å². The monoisotopic (exact) mass is 148 g/mol. The van der Waals surface area contributed by atoms with Gasteiger partial charge in [0.2, 0.25) is 0 Å². The molecule has 0 atom stereocenters. The van der Waals surface area contributed by atoms with Gasteiger partial charge in [0.25, 0.3) is 0 Å². The van der Waals surface area contributed by atoms with E-state index < -0.39 is 0 Å². The molecule has 1 aromatic carbocycles. The van der Waals surface area contributed by atoms with Crippen LogP contribution in [0, 0.1) is 0 Å². The first-order valence-electron chi connectivity index (χ1n) is 3.29. The molecule has 56 valence electrons. The second-order valence-corrected chi connectivity index (χ2v) is 2.45. The Morgan fingerprint density at radius 2 is 2.00 bits per heavy atom. The highest BCUT2D eigenvalue weighted by Crippen LogP contribution is 2.24. The van der Waals surface area contributed by atoms with Gasteiger partial charge in [0.1, 0.15) is 11.8 Å². The molecule has 0 aliphatic carbocycles. The van der Waals surface area contributed by atoms with Crippen LogP contribution in [0.4, 0.5) is 11.4 Å². The van der Waals surface area contributed by atoms with Crippen LogP contribution in [0.15, 0.2) is 28.9 Å². The third-order valence-corrected chi connectivity index (χ3v) is 1.63. The average molecular weight is 148 g/mol. The van der Waals surface area contributed by atoms with Crippen LogP contribution in [0.5, 0.6) is 0 Å². The Labute approximate surface area is 63.6 Å². The van der Waals surface area contributed by atoms with E-state index in [4.69, 9.17) is 15.9 Å². The Bertz CT molecular complexity index is 392. The van der Waals surface area contributed by atoms with Crippen molar-refractivity contribution >= 4 is 22.3 Å². The Balaban J connectivity index is 2.87. The summed E-state index contributed by atoms with van der Waals surface area (Å²) < 4.78 is 5.12. The Morgan fingerprint density at radius 3 is 2.82 bits per heavy atom. The zero-order valence-corrected chi connectivity index (χ0v) is 5.87. The van der Waals surface area contributed by atoms with Crippen molar-refractivity contribution in [3.63, 3.8) is 0 Å². The Morgan fingerprint density at radius 1 is 1.18 bits per heavy atom. The molecule has 0 fully saturated rings. The van der Waals surface area contributed by atoms with Crippen LogP contribution in [0.2, 0.25) is 0 Å². The van der Waals surface area contributed by atoms with Gasteiger partial charge in [-0.3, -0.25) is 0 Å². The highest BCUT2D eigenvalue weighted by atomic mass is 16.3. The third-order valence-electron chi connectivity index (χ3n) is 1.63. The van der Waals surface area contributed by atoms with E-state index in [9.17, 15) is 0 Å². The van der Waals surface area contributed by atoms with E-state index in [2.05, 4.69) is 0 Å². The summed E-state index contributed by atoms with van der Waals surface area (Å²) in [5, 5.41) is 0.880. The first kappa shape index (κ1) is 6.09. The largest absolute Gasteiger partial charge is 0.462 e. The second kappa shape index (κ2) is 1.92. The predicted molar refractivity (Wildman–Crippen MR) is 45.0 cm³/mol. The lowest BCUT2D eigenvalue weighted by Crippen LogP contribution is -1.84. The van der Waals surface area contributed by atoms with Crippen LogP contribution >= 0.6 is 0 Å². The number of benzene rings is 1. The van der Waals surface area contributed by atoms with Gasteiger partial charge < -0.3 is 15.9 Å². The van der Waals surface area contributed by atoms with Crippen LogP contribution in [0.1, 0.15) is 0 Å². The second-order valence-electron chi connectivity index (χ2n) is 2.45. The van der Waals surface area contributed by atoms with Crippen LogP contribution in [-0.4, -0.2) is 0 Å². The van der Waals surface area contributed by atoms with Crippen molar-refractivity contribution in [3.05, 3.63) is 24.5 Å². The number of nitrogens with two attached hydrogens (primary N) is 2. The minimum Gasteiger partial charge on any atom is -0.462 e. The van der Waals surface area contributed by atoms with E-state index in [-0.39, 0.29) is 0 Å². The normalized spacial score (nSPS) is 10.5. The lowest BCUT2D eigenvalue weighted by molar-refractivity contribution is 0.617. The van der Waals surface area contributed by atoms with Gasteiger partial charge in [-0.15, -0.1) is 0 Å². The summed E-state index contributed by atoms with van der Waals surface area (Å²) in [7, 11) is 0. The van der Waals surface area contributed by atoms with Gasteiger partial charge in [0.15, 0.2) is 0 Å². The highest BCUT2D eigenvalue weighted by Gasteiger charge is 2.00. The number of furan rings is 1. The van der Waals surface area contributed by atoms with E-state index in [0.29, 0.717) is 11.4 Å². The zero-order chi connectivity index (χ0) is 7.84. The summed E-state index contributed by atoms with van der Waals surface area (Å²) >= 11 is 0. The standard InChI is InChI=1S/C8H8N2O/c9-5-1-2-8-6(3-5)7(10)4-11-8/h1-4H,9-10H2. The Kier molecular flexibility index (Phi) is 1.06. The summed E-state index contributed by atoms with van der Waals surface area (Å²) in [5.41, 5.74) is 13.3. The molecule has 0 amide bonds. The lowest BCUT2D eigenvalue weighted by Gasteiger charge is -1.91. The Hall–Kier alpha value is -1.64. The fourth-order valence-electron chi connectivity index (χ4n) is 1.07. The molecule has 0 saturated carbocycles. The van der Waals surface area contributed by atoms with E-state index in [0.717, 1.165) is 11.0 Å². The lowest BCUT2D eigenvalue weighted by atomic mass is 10.2. The van der Waals surface area contributed by atoms with Gasteiger partial charge in [-0.05, 0) is 18.2 Å². The summed E-state index contributed by atoms with van der Waals surface area (Å²) in [6.07, 6.45) is 1.52. The third kappa shape index (κ3) is 0.816. The van der Waals surface area contributed by atoms with Crippen molar-refractivity contribution in [1.82, 2.24) is 0 Å². The number of hydrogen-bond acceptors (Lipinski definition) is 3. The summed E-state index contributed by atoms with van der Waals surface area (Å²) in [4.78, 5) is 0. The molecule has 0 aliphatic heterocycles. The van der Waals surface area contributed by atoms with E-state index in [1.54, 1.807) is 18.2 Å². The van der Waals surface area contributed by atoms with Crippen molar-refractivity contribution < 1.29 is 4.42 Å². The number of fused-ring (bicyclic) bond motifs is 1. The predicted octanol–water partition coefficient (Wildman–Crippen LogP) is 1.60. The number of rotatable bonds is 0. The number of hydrogen-bond donors (Lipinski definition) is 2. The smallest absolute Gasteiger partial charge is 0.136 e. The van der Waals surface area contributed by atoms with Gasteiger partial charge in [-0.1, -0.05) is 0 Å². The summed E-state index contributed by atoms with van der Waals surface area (Å²) in [5.74, 6) is 0. The first-order chi connectivity index (χ1) is 5.27. The van der Waals surface area contributed by atoms with E-state index in [1.807, 2.05) is 0 Å². The fraction of sp³-hybridized carbons (Fsp3) is 0. The van der Waals surface area contributed by atoms with Crippen LogP contribution in [0.25, 0.3) is 11.0 Å². The van der Waals surface area contributed by atoms with Crippen molar-refractivity contribution in [1.29, 1.82) is 0 Å². The van der Waals surface area contributed by atoms with Crippen LogP contribution in [-0.2, 0) is 0 Å². The SMILES string of the molecule is Nc1ccc2occ(N)c2c1. The molecule has 0 radical (unpaired) electrons. The van der Waals surface area contributed by atoms with Gasteiger partial charge in [0.05, 0.1) is 5.69 Å². The molecular weight excluding hydrogens is 140 g/mol. The maximum Gasteiger partial charge on any atom is 0.136 e. The van der Waals surface area contributed by atoms with Gasteiger partial charge in [-0.2, -0.15) is 0 Å². The molecule has 4 N–H and O–H groups in total. The van der Waals surface area contributed by atoms with Gasteiger partial charge >= 0.3 is 0 Å². The number of nitrogen functional groups attached to an aromatic ring is 2. The molecule has 0 aliphatic rings. The van der Waals surface area contributed by atoms with Crippen molar-refractivity contribution in [3.8, 4) is 0 Å². The molecule has 2 aromatic rings. The molecular formula is C8H8N2O. The zero-order valence-electron chi connectivity index (χ0n) is 5.87. The summed E-state index contributed by atoms with van der Waals surface area (Å²) in [6.45, 7) is 0. The first-order valence-corrected chi connectivity index (χ1v) is 3.29. The summed E-state index contributed by atoms with van der Waals surface area (Å²) in [6, 6.07) is 5.39. The quantitative estimate of drug-likeness (QED) is 0.557. The maximum atomic E-state index is 5.60. The van der Waals surface area contributed by atoms with Crippen molar-refractivity contribution in [2.24, 2.45) is 0 Å². The van der Waals surface area contributed by atoms with Gasteiger partial charge in [-0.25, -0.2) is 0 Å². The molecule has 11 heavy (non-hydrogen) atoms. The minimum atomic E-state index is 0.632. The number of anilines is 2. The molecule has 2 rings (SSSR count). The van der Waals surface area contributed by atoms with Crippen molar-refractivity contribution in [2.45, 2.75) is 0 Å². The van der Waals surface area contributed by atoms with Crippen LogP contribution < -0.4 is 11.5 Å². The molecule has 3 heteroatoms. The molecule has 0 spiro atoms. The van der Waals surface area contributed by atoms with Crippen molar-refractivity contribution in [2.75, 3.05) is 11.5 Å². The average Bonchev–Trinajstić information content (AvgIpc) is 2.33. The molecule has 1 heterocycles. The minimum absolute atomic E-state index is 0.632. The van der Waals surface area contributed by atoms with E-state index >= 15 is 0 Å².